The summed E-state index contributed by atoms with van der Waals surface area (Å²) >= 11 is 0. The van der Waals surface area contributed by atoms with E-state index < -0.39 is 5.54 Å². The molecule has 4 heteroatoms. The van der Waals surface area contributed by atoms with Gasteiger partial charge in [-0.1, -0.05) is 0 Å². The highest BCUT2D eigenvalue weighted by Crippen LogP contribution is 2.38. The third kappa shape index (κ3) is 2.37. The molecule has 1 aliphatic heterocycles. The number of nitrogens with zero attached hydrogens (tertiary/aromatic N) is 3. The molecule has 2 atom stereocenters. The molecular formula is C12H22N4. The molecule has 0 aromatic rings. The zero-order valence-corrected chi connectivity index (χ0v) is 10.3. The molecule has 0 spiro atoms. The van der Waals surface area contributed by atoms with Crippen LogP contribution in [0.25, 0.3) is 0 Å². The third-order valence-electron chi connectivity index (χ3n) is 3.98. The number of likely N-dealkylation sites (tertiary alicyclic amines) is 1. The second-order valence-electron chi connectivity index (χ2n) is 5.57. The van der Waals surface area contributed by atoms with Crippen LogP contribution in [-0.4, -0.2) is 55.1 Å². The van der Waals surface area contributed by atoms with Crippen LogP contribution in [0.5, 0.6) is 0 Å². The van der Waals surface area contributed by atoms with Crippen molar-refractivity contribution in [2.75, 3.05) is 33.7 Å². The Morgan fingerprint density at radius 1 is 1.44 bits per heavy atom. The Morgan fingerprint density at radius 3 is 2.56 bits per heavy atom. The summed E-state index contributed by atoms with van der Waals surface area (Å²) in [7, 11) is 4.24. The van der Waals surface area contributed by atoms with Gasteiger partial charge < -0.3 is 10.6 Å². The molecule has 0 bridgehead atoms. The maximum absolute atomic E-state index is 9.22. The van der Waals surface area contributed by atoms with E-state index in [0.717, 1.165) is 32.5 Å². The smallest absolute Gasteiger partial charge is 0.119 e. The summed E-state index contributed by atoms with van der Waals surface area (Å²) in [5, 5.41) is 9.22. The van der Waals surface area contributed by atoms with Crippen LogP contribution in [0.1, 0.15) is 19.3 Å². The second kappa shape index (κ2) is 4.33. The molecule has 2 rings (SSSR count). The van der Waals surface area contributed by atoms with Gasteiger partial charge in [0.1, 0.15) is 5.54 Å². The molecule has 2 N–H and O–H groups in total. The SMILES string of the molecule is CN(C)C1CCN(CC(N)(C#N)C2CC2)C1. The first-order valence-electron chi connectivity index (χ1n) is 6.14. The van der Waals surface area contributed by atoms with Crippen molar-refractivity contribution in [1.29, 1.82) is 5.26 Å². The van der Waals surface area contributed by atoms with Crippen molar-refractivity contribution in [1.82, 2.24) is 9.80 Å². The number of likely N-dealkylation sites (N-methyl/N-ethyl adjacent to an activating group) is 1. The summed E-state index contributed by atoms with van der Waals surface area (Å²) < 4.78 is 0. The highest BCUT2D eigenvalue weighted by Gasteiger charge is 2.44. The van der Waals surface area contributed by atoms with Crippen LogP contribution in [0.4, 0.5) is 0 Å². The lowest BCUT2D eigenvalue weighted by Gasteiger charge is -2.28. The predicted molar refractivity (Wildman–Crippen MR) is 63.8 cm³/mol. The molecule has 1 saturated carbocycles. The first kappa shape index (κ1) is 11.8. The van der Waals surface area contributed by atoms with Crippen molar-refractivity contribution in [3.05, 3.63) is 0 Å². The molecule has 2 unspecified atom stereocenters. The maximum atomic E-state index is 9.22. The minimum Gasteiger partial charge on any atom is -0.312 e. The van der Waals surface area contributed by atoms with Crippen molar-refractivity contribution < 1.29 is 0 Å². The van der Waals surface area contributed by atoms with E-state index >= 15 is 0 Å². The Labute approximate surface area is 98.0 Å². The molecule has 0 amide bonds. The first-order chi connectivity index (χ1) is 7.55. The normalized spacial score (nSPS) is 30.3. The van der Waals surface area contributed by atoms with Crippen LogP contribution in [-0.2, 0) is 0 Å². The molecule has 0 radical (unpaired) electrons. The van der Waals surface area contributed by atoms with Crippen LogP contribution in [0, 0.1) is 17.2 Å². The molecule has 0 aromatic carbocycles. The summed E-state index contributed by atoms with van der Waals surface area (Å²) in [5.74, 6) is 0.441. The van der Waals surface area contributed by atoms with Crippen molar-refractivity contribution in [2.45, 2.75) is 30.8 Å². The maximum Gasteiger partial charge on any atom is 0.119 e. The lowest BCUT2D eigenvalue weighted by molar-refractivity contribution is 0.234. The first-order valence-corrected chi connectivity index (χ1v) is 6.14. The van der Waals surface area contributed by atoms with Gasteiger partial charge in [-0.15, -0.1) is 0 Å². The number of nitrogens with two attached hydrogens (primary N) is 1. The van der Waals surface area contributed by atoms with Gasteiger partial charge in [0.2, 0.25) is 0 Å². The van der Waals surface area contributed by atoms with Crippen molar-refractivity contribution >= 4 is 0 Å². The highest BCUT2D eigenvalue weighted by molar-refractivity contribution is 5.15. The minimum atomic E-state index is -0.596. The van der Waals surface area contributed by atoms with Gasteiger partial charge in [0.15, 0.2) is 0 Å². The molecule has 16 heavy (non-hydrogen) atoms. The Balaban J connectivity index is 1.89. The fourth-order valence-corrected chi connectivity index (χ4v) is 2.60. The van der Waals surface area contributed by atoms with Crippen LogP contribution >= 0.6 is 0 Å². The van der Waals surface area contributed by atoms with Crippen molar-refractivity contribution in [3.8, 4) is 6.07 Å². The Morgan fingerprint density at radius 2 is 2.12 bits per heavy atom. The van der Waals surface area contributed by atoms with Gasteiger partial charge in [-0.3, -0.25) is 4.90 Å². The average molecular weight is 222 g/mol. The van der Waals surface area contributed by atoms with E-state index in [0.29, 0.717) is 12.0 Å². The van der Waals surface area contributed by atoms with E-state index in [9.17, 15) is 5.26 Å². The van der Waals surface area contributed by atoms with Crippen molar-refractivity contribution in [3.63, 3.8) is 0 Å². The second-order valence-corrected chi connectivity index (χ2v) is 5.57. The summed E-state index contributed by atoms with van der Waals surface area (Å²) in [6.07, 6.45) is 3.46. The fraction of sp³-hybridized carbons (Fsp3) is 0.917. The Hall–Kier alpha value is -0.630. The van der Waals surface area contributed by atoms with E-state index in [1.165, 1.54) is 6.42 Å². The Kier molecular flexibility index (Phi) is 3.20. The molecule has 1 aliphatic carbocycles. The zero-order chi connectivity index (χ0) is 11.8. The molecular weight excluding hydrogens is 200 g/mol. The van der Waals surface area contributed by atoms with Gasteiger partial charge in [-0.05, 0) is 45.8 Å². The van der Waals surface area contributed by atoms with Crippen molar-refractivity contribution in [2.24, 2.45) is 11.7 Å². The van der Waals surface area contributed by atoms with Crippen LogP contribution < -0.4 is 5.73 Å². The quantitative estimate of drug-likeness (QED) is 0.741. The minimum absolute atomic E-state index is 0.441. The standard InChI is InChI=1S/C12H22N4/c1-15(2)11-5-6-16(7-11)9-12(14,8-13)10-3-4-10/h10-11H,3-7,9,14H2,1-2H3. The molecule has 1 saturated heterocycles. The fourth-order valence-electron chi connectivity index (χ4n) is 2.60. The number of hydrogen-bond acceptors (Lipinski definition) is 4. The topological polar surface area (TPSA) is 56.3 Å². The van der Waals surface area contributed by atoms with Gasteiger partial charge in [-0.2, -0.15) is 5.26 Å². The van der Waals surface area contributed by atoms with Crippen LogP contribution in [0.3, 0.4) is 0 Å². The summed E-state index contributed by atoms with van der Waals surface area (Å²) in [5.41, 5.74) is 5.59. The number of rotatable bonds is 4. The van der Waals surface area contributed by atoms with E-state index in [4.69, 9.17) is 5.73 Å². The van der Waals surface area contributed by atoms with E-state index in [1.807, 2.05) is 0 Å². The van der Waals surface area contributed by atoms with Gasteiger partial charge in [0.05, 0.1) is 6.07 Å². The number of nitriles is 1. The zero-order valence-electron chi connectivity index (χ0n) is 10.3. The molecule has 1 heterocycles. The summed E-state index contributed by atoms with van der Waals surface area (Å²) in [4.78, 5) is 4.62. The molecule has 90 valence electrons. The van der Waals surface area contributed by atoms with Gasteiger partial charge >= 0.3 is 0 Å². The van der Waals surface area contributed by atoms with Gasteiger partial charge in [-0.25, -0.2) is 0 Å². The summed E-state index contributed by atoms with van der Waals surface area (Å²) in [6, 6.07) is 2.96. The Bertz CT molecular complexity index is 292. The van der Waals surface area contributed by atoms with Gasteiger partial charge in [0, 0.05) is 19.1 Å². The molecule has 0 aromatic heterocycles. The van der Waals surface area contributed by atoms with Gasteiger partial charge in [0.25, 0.3) is 0 Å². The molecule has 4 nitrogen and oxygen atoms in total. The average Bonchev–Trinajstić information content (AvgIpc) is 3.00. The lowest BCUT2D eigenvalue weighted by Crippen LogP contribution is -2.51. The highest BCUT2D eigenvalue weighted by atomic mass is 15.2. The molecule has 2 fully saturated rings. The summed E-state index contributed by atoms with van der Waals surface area (Å²) in [6.45, 7) is 2.88. The monoisotopic (exact) mass is 222 g/mol. The molecule has 2 aliphatic rings. The van der Waals surface area contributed by atoms with Crippen LogP contribution in [0.2, 0.25) is 0 Å². The van der Waals surface area contributed by atoms with E-state index in [1.54, 1.807) is 0 Å². The van der Waals surface area contributed by atoms with Crippen LogP contribution in [0.15, 0.2) is 0 Å². The largest absolute Gasteiger partial charge is 0.312 e. The lowest BCUT2D eigenvalue weighted by atomic mass is 9.96. The number of hydrogen-bond donors (Lipinski definition) is 1. The predicted octanol–water partition coefficient (Wildman–Crippen LogP) is 0.253. The van der Waals surface area contributed by atoms with E-state index in [-0.39, 0.29) is 0 Å². The third-order valence-corrected chi connectivity index (χ3v) is 3.98. The van der Waals surface area contributed by atoms with E-state index in [2.05, 4.69) is 30.0 Å².